The molecule has 0 fully saturated rings. The molecule has 3 rings (SSSR count). The van der Waals surface area contributed by atoms with Crippen LogP contribution >= 0.6 is 15.9 Å². The summed E-state index contributed by atoms with van der Waals surface area (Å²) >= 11 is 3.38. The molecule has 0 bridgehead atoms. The third kappa shape index (κ3) is 3.10. The summed E-state index contributed by atoms with van der Waals surface area (Å²) in [4.78, 5) is 15.4. The standard InChI is InChI=1S/C18H17BrN2O4S/c1-20(2)13-5-7-14(8-6-13)21-11-17(18(22)25-3)26(23,24)16-9-4-12(19)10-15(16)21/h4-11H,1-3H3. The highest BCUT2D eigenvalue weighted by molar-refractivity contribution is 9.10. The molecule has 8 heteroatoms. The SMILES string of the molecule is COC(=O)C1=CN(c2ccc(N(C)C)cc2)c2cc(Br)ccc2S1(=O)=O. The van der Waals surface area contributed by atoms with E-state index >= 15 is 0 Å². The summed E-state index contributed by atoms with van der Waals surface area (Å²) in [5, 5.41) is 0. The Morgan fingerprint density at radius 1 is 1.12 bits per heavy atom. The highest BCUT2D eigenvalue weighted by atomic mass is 79.9. The van der Waals surface area contributed by atoms with Crippen LogP contribution in [0.5, 0.6) is 0 Å². The molecule has 26 heavy (non-hydrogen) atoms. The lowest BCUT2D eigenvalue weighted by Gasteiger charge is -2.29. The number of anilines is 3. The van der Waals surface area contributed by atoms with Gasteiger partial charge in [-0.1, -0.05) is 15.9 Å². The number of fused-ring (bicyclic) bond motifs is 1. The summed E-state index contributed by atoms with van der Waals surface area (Å²) in [6.07, 6.45) is 1.31. The number of carbonyl (C=O) groups excluding carboxylic acids is 1. The number of methoxy groups -OCH3 is 1. The van der Waals surface area contributed by atoms with Crippen LogP contribution in [0.2, 0.25) is 0 Å². The van der Waals surface area contributed by atoms with E-state index in [0.29, 0.717) is 5.69 Å². The predicted octanol–water partition coefficient (Wildman–Crippen LogP) is 3.45. The zero-order valence-corrected chi connectivity index (χ0v) is 16.8. The number of nitrogens with zero attached hydrogens (tertiary/aromatic N) is 2. The van der Waals surface area contributed by atoms with Gasteiger partial charge in [0.05, 0.1) is 17.7 Å². The van der Waals surface area contributed by atoms with Crippen molar-refractivity contribution in [2.45, 2.75) is 4.90 Å². The van der Waals surface area contributed by atoms with Gasteiger partial charge < -0.3 is 14.5 Å². The van der Waals surface area contributed by atoms with E-state index < -0.39 is 20.7 Å². The second-order valence-electron chi connectivity index (χ2n) is 5.88. The fraction of sp³-hybridized carbons (Fsp3) is 0.167. The highest BCUT2D eigenvalue weighted by Gasteiger charge is 2.36. The molecule has 0 saturated heterocycles. The van der Waals surface area contributed by atoms with Crippen LogP contribution in [0, 0.1) is 0 Å². The minimum Gasteiger partial charge on any atom is -0.465 e. The molecule has 1 aliphatic heterocycles. The lowest BCUT2D eigenvalue weighted by molar-refractivity contribution is -0.135. The van der Waals surface area contributed by atoms with Crippen molar-refractivity contribution in [2.75, 3.05) is 31.0 Å². The average molecular weight is 437 g/mol. The van der Waals surface area contributed by atoms with Gasteiger partial charge in [0.15, 0.2) is 4.91 Å². The van der Waals surface area contributed by atoms with Gasteiger partial charge in [-0.3, -0.25) is 0 Å². The molecule has 2 aromatic carbocycles. The predicted molar refractivity (Wildman–Crippen MR) is 104 cm³/mol. The van der Waals surface area contributed by atoms with Crippen molar-refractivity contribution >= 4 is 48.8 Å². The Bertz CT molecular complexity index is 998. The van der Waals surface area contributed by atoms with E-state index in [2.05, 4.69) is 20.7 Å². The maximum atomic E-state index is 12.8. The Morgan fingerprint density at radius 2 is 1.77 bits per heavy atom. The van der Waals surface area contributed by atoms with Gasteiger partial charge in [-0.25, -0.2) is 13.2 Å². The van der Waals surface area contributed by atoms with Gasteiger partial charge in [0.1, 0.15) is 0 Å². The van der Waals surface area contributed by atoms with Crippen LogP contribution in [-0.4, -0.2) is 35.6 Å². The number of esters is 1. The quantitative estimate of drug-likeness (QED) is 0.686. The second kappa shape index (κ2) is 6.77. The fourth-order valence-electron chi connectivity index (χ4n) is 2.67. The molecule has 6 nitrogen and oxygen atoms in total. The van der Waals surface area contributed by atoms with Crippen LogP contribution in [0.4, 0.5) is 17.1 Å². The Kier molecular flexibility index (Phi) is 4.81. The fourth-order valence-corrected chi connectivity index (χ4v) is 4.48. The number of hydrogen-bond acceptors (Lipinski definition) is 6. The number of hydrogen-bond donors (Lipinski definition) is 0. The van der Waals surface area contributed by atoms with Crippen LogP contribution in [0.1, 0.15) is 0 Å². The Morgan fingerprint density at radius 3 is 2.35 bits per heavy atom. The monoisotopic (exact) mass is 436 g/mol. The smallest absolute Gasteiger partial charge is 0.351 e. The first-order valence-electron chi connectivity index (χ1n) is 7.67. The van der Waals surface area contributed by atoms with Gasteiger partial charge in [-0.05, 0) is 42.5 Å². The molecule has 1 aliphatic rings. The minimum atomic E-state index is -3.96. The first kappa shape index (κ1) is 18.5. The molecule has 0 aliphatic carbocycles. The number of ether oxygens (including phenoxy) is 1. The summed E-state index contributed by atoms with van der Waals surface area (Å²) in [6, 6.07) is 12.4. The molecule has 0 atom stereocenters. The van der Waals surface area contributed by atoms with Crippen molar-refractivity contribution < 1.29 is 17.9 Å². The molecule has 1 heterocycles. The lowest BCUT2D eigenvalue weighted by atomic mass is 10.2. The molecule has 0 unspecified atom stereocenters. The highest BCUT2D eigenvalue weighted by Crippen LogP contribution is 2.41. The first-order valence-corrected chi connectivity index (χ1v) is 9.94. The Balaban J connectivity index is 2.22. The minimum absolute atomic E-state index is 0.0558. The van der Waals surface area contributed by atoms with Crippen LogP contribution in [-0.2, 0) is 19.4 Å². The number of rotatable bonds is 3. The third-order valence-corrected chi connectivity index (χ3v) is 6.31. The van der Waals surface area contributed by atoms with E-state index in [4.69, 9.17) is 0 Å². The lowest BCUT2D eigenvalue weighted by Crippen LogP contribution is -2.26. The van der Waals surface area contributed by atoms with Gasteiger partial charge in [0.25, 0.3) is 0 Å². The van der Waals surface area contributed by atoms with Crippen molar-refractivity contribution in [3.05, 3.63) is 58.0 Å². The molecule has 136 valence electrons. The summed E-state index contributed by atoms with van der Waals surface area (Å²) in [6.45, 7) is 0. The second-order valence-corrected chi connectivity index (χ2v) is 8.68. The number of benzene rings is 2. The van der Waals surface area contributed by atoms with Crippen molar-refractivity contribution in [2.24, 2.45) is 0 Å². The molecular weight excluding hydrogens is 420 g/mol. The Labute approximate surface area is 160 Å². The van der Waals surface area contributed by atoms with Crippen LogP contribution in [0.25, 0.3) is 0 Å². The number of halogens is 1. The number of sulfone groups is 1. The van der Waals surface area contributed by atoms with Crippen LogP contribution < -0.4 is 9.80 Å². The molecule has 0 N–H and O–H groups in total. The maximum Gasteiger partial charge on any atom is 0.351 e. The van der Waals surface area contributed by atoms with Crippen molar-refractivity contribution in [1.82, 2.24) is 0 Å². The molecule has 2 aromatic rings. The third-order valence-electron chi connectivity index (χ3n) is 4.04. The van der Waals surface area contributed by atoms with E-state index in [0.717, 1.165) is 23.0 Å². The van der Waals surface area contributed by atoms with Crippen molar-refractivity contribution in [3.8, 4) is 0 Å². The largest absolute Gasteiger partial charge is 0.465 e. The Hall–Kier alpha value is -2.32. The van der Waals surface area contributed by atoms with E-state index in [-0.39, 0.29) is 4.90 Å². The van der Waals surface area contributed by atoms with Gasteiger partial charge in [-0.15, -0.1) is 0 Å². The van der Waals surface area contributed by atoms with Gasteiger partial charge >= 0.3 is 5.97 Å². The molecule has 0 aromatic heterocycles. The maximum absolute atomic E-state index is 12.8. The molecule has 0 amide bonds. The van der Waals surface area contributed by atoms with Crippen molar-refractivity contribution in [1.29, 1.82) is 0 Å². The van der Waals surface area contributed by atoms with E-state index in [1.165, 1.54) is 12.3 Å². The molecule has 0 spiro atoms. The van der Waals surface area contributed by atoms with E-state index in [9.17, 15) is 13.2 Å². The first-order chi connectivity index (χ1) is 12.3. The van der Waals surface area contributed by atoms with Crippen LogP contribution in [0.15, 0.2) is 62.9 Å². The molecular formula is C18H17BrN2O4S. The summed E-state index contributed by atoms with van der Waals surface area (Å²) in [5.74, 6) is -0.895. The molecule has 0 radical (unpaired) electrons. The average Bonchev–Trinajstić information content (AvgIpc) is 2.61. The van der Waals surface area contributed by atoms with Crippen molar-refractivity contribution in [3.63, 3.8) is 0 Å². The van der Waals surface area contributed by atoms with Gasteiger partial charge in [0.2, 0.25) is 9.84 Å². The van der Waals surface area contributed by atoms with Crippen LogP contribution in [0.3, 0.4) is 0 Å². The summed E-state index contributed by atoms with van der Waals surface area (Å²) in [7, 11) is 1.07. The van der Waals surface area contributed by atoms with E-state index in [1.54, 1.807) is 17.0 Å². The van der Waals surface area contributed by atoms with Gasteiger partial charge in [-0.2, -0.15) is 0 Å². The number of carbonyl (C=O) groups is 1. The normalized spacial score (nSPS) is 15.1. The van der Waals surface area contributed by atoms with E-state index in [1.807, 2.05) is 43.3 Å². The molecule has 0 saturated carbocycles. The van der Waals surface area contributed by atoms with Gasteiger partial charge in [0, 0.05) is 36.1 Å². The zero-order chi connectivity index (χ0) is 19.1. The summed E-state index contributed by atoms with van der Waals surface area (Å²) in [5.41, 5.74) is 2.20. The topological polar surface area (TPSA) is 66.9 Å². The summed E-state index contributed by atoms with van der Waals surface area (Å²) < 4.78 is 31.0. The zero-order valence-electron chi connectivity index (χ0n) is 14.4.